The Morgan fingerprint density at radius 1 is 1.40 bits per heavy atom. The third-order valence-electron chi connectivity index (χ3n) is 3.43. The third kappa shape index (κ3) is 4.75. The molecule has 20 heavy (non-hydrogen) atoms. The van der Waals surface area contributed by atoms with Crippen LogP contribution in [0, 0.1) is 11.8 Å². The van der Waals surface area contributed by atoms with Crippen molar-refractivity contribution >= 4 is 11.8 Å². The third-order valence-corrected chi connectivity index (χ3v) is 4.58. The summed E-state index contributed by atoms with van der Waals surface area (Å²) in [7, 11) is 2.19. The molecule has 1 aliphatic heterocycles. The predicted molar refractivity (Wildman–Crippen MR) is 86.2 cm³/mol. The zero-order valence-electron chi connectivity index (χ0n) is 12.0. The molecular weight excluding hydrogens is 268 g/mol. The first kappa shape index (κ1) is 15.2. The van der Waals surface area contributed by atoms with Gasteiger partial charge in [0.25, 0.3) is 0 Å². The van der Waals surface area contributed by atoms with E-state index in [0.29, 0.717) is 6.54 Å². The Hall–Kier alpha value is -1.15. The SMILES string of the molecule is CN(CCOc1ccc(C#CCN)cc1)C1CCSC1. The van der Waals surface area contributed by atoms with Crippen molar-refractivity contribution in [3.63, 3.8) is 0 Å². The normalized spacial score (nSPS) is 17.9. The van der Waals surface area contributed by atoms with Crippen LogP contribution in [-0.2, 0) is 0 Å². The van der Waals surface area contributed by atoms with Crippen LogP contribution in [0.1, 0.15) is 12.0 Å². The van der Waals surface area contributed by atoms with Crippen LogP contribution in [0.2, 0.25) is 0 Å². The van der Waals surface area contributed by atoms with E-state index < -0.39 is 0 Å². The van der Waals surface area contributed by atoms with E-state index in [1.807, 2.05) is 36.0 Å². The van der Waals surface area contributed by atoms with Gasteiger partial charge in [-0.3, -0.25) is 4.90 Å². The predicted octanol–water partition coefficient (Wildman–Crippen LogP) is 1.81. The highest BCUT2D eigenvalue weighted by Crippen LogP contribution is 2.21. The molecule has 2 rings (SSSR count). The lowest BCUT2D eigenvalue weighted by atomic mass is 10.2. The van der Waals surface area contributed by atoms with Gasteiger partial charge in [0, 0.05) is 23.9 Å². The first-order valence-electron chi connectivity index (χ1n) is 6.99. The van der Waals surface area contributed by atoms with Crippen LogP contribution < -0.4 is 10.5 Å². The van der Waals surface area contributed by atoms with Gasteiger partial charge in [-0.2, -0.15) is 11.8 Å². The highest BCUT2D eigenvalue weighted by Gasteiger charge is 2.19. The molecule has 1 aromatic rings. The molecule has 1 heterocycles. The van der Waals surface area contributed by atoms with Crippen molar-refractivity contribution in [1.29, 1.82) is 0 Å². The molecule has 0 amide bonds. The molecule has 1 atom stereocenters. The molecule has 2 N–H and O–H groups in total. The van der Waals surface area contributed by atoms with Crippen LogP contribution in [0.5, 0.6) is 5.75 Å². The van der Waals surface area contributed by atoms with Gasteiger partial charge in [-0.15, -0.1) is 0 Å². The summed E-state index contributed by atoms with van der Waals surface area (Å²) in [6.07, 6.45) is 1.30. The number of nitrogens with zero attached hydrogens (tertiary/aromatic N) is 1. The molecule has 0 bridgehead atoms. The van der Waals surface area contributed by atoms with Crippen molar-refractivity contribution in [3.05, 3.63) is 29.8 Å². The van der Waals surface area contributed by atoms with Crippen molar-refractivity contribution < 1.29 is 4.74 Å². The molecule has 1 aromatic carbocycles. The molecule has 0 radical (unpaired) electrons. The molecule has 0 spiro atoms. The molecule has 108 valence electrons. The van der Waals surface area contributed by atoms with Crippen molar-refractivity contribution in [2.45, 2.75) is 12.5 Å². The minimum atomic E-state index is 0.393. The number of hydrogen-bond donors (Lipinski definition) is 1. The van der Waals surface area contributed by atoms with Gasteiger partial charge in [0.1, 0.15) is 12.4 Å². The van der Waals surface area contributed by atoms with E-state index in [9.17, 15) is 0 Å². The second-order valence-electron chi connectivity index (χ2n) is 4.88. The fourth-order valence-electron chi connectivity index (χ4n) is 2.15. The first-order chi connectivity index (χ1) is 9.79. The quantitative estimate of drug-likeness (QED) is 0.840. The highest BCUT2D eigenvalue weighted by atomic mass is 32.2. The minimum absolute atomic E-state index is 0.393. The van der Waals surface area contributed by atoms with E-state index in [1.54, 1.807) is 0 Å². The molecule has 0 saturated carbocycles. The summed E-state index contributed by atoms with van der Waals surface area (Å²) >= 11 is 2.04. The van der Waals surface area contributed by atoms with Gasteiger partial charge in [-0.1, -0.05) is 11.8 Å². The van der Waals surface area contributed by atoms with Crippen LogP contribution in [0.3, 0.4) is 0 Å². The number of nitrogens with two attached hydrogens (primary N) is 1. The smallest absolute Gasteiger partial charge is 0.119 e. The zero-order valence-corrected chi connectivity index (χ0v) is 12.8. The van der Waals surface area contributed by atoms with Crippen LogP contribution in [0.4, 0.5) is 0 Å². The van der Waals surface area contributed by atoms with E-state index in [-0.39, 0.29) is 0 Å². The number of rotatable bonds is 5. The standard InChI is InChI=1S/C16H22N2OS/c1-18(15-8-12-20-13-15)10-11-19-16-6-4-14(5-7-16)3-2-9-17/h4-7,15H,8-13,17H2,1H3. The average Bonchev–Trinajstić information content (AvgIpc) is 3.00. The summed E-state index contributed by atoms with van der Waals surface area (Å²) in [6.45, 7) is 2.09. The average molecular weight is 290 g/mol. The van der Waals surface area contributed by atoms with Gasteiger partial charge in [-0.05, 0) is 43.5 Å². The Bertz CT molecular complexity index is 458. The Morgan fingerprint density at radius 2 is 2.20 bits per heavy atom. The number of thioether (sulfide) groups is 1. The van der Waals surface area contributed by atoms with Crippen LogP contribution in [0.25, 0.3) is 0 Å². The van der Waals surface area contributed by atoms with Crippen molar-refractivity contribution in [3.8, 4) is 17.6 Å². The molecule has 0 aromatic heterocycles. The summed E-state index contributed by atoms with van der Waals surface area (Å²) < 4.78 is 5.77. The van der Waals surface area contributed by atoms with Crippen LogP contribution >= 0.6 is 11.8 Å². The molecule has 1 aliphatic rings. The Morgan fingerprint density at radius 3 is 2.85 bits per heavy atom. The molecule has 4 heteroatoms. The monoisotopic (exact) mass is 290 g/mol. The Labute approximate surface area is 125 Å². The fourth-order valence-corrected chi connectivity index (χ4v) is 3.45. The lowest BCUT2D eigenvalue weighted by Crippen LogP contribution is -2.34. The van der Waals surface area contributed by atoms with Gasteiger partial charge in [0.15, 0.2) is 0 Å². The van der Waals surface area contributed by atoms with Gasteiger partial charge in [-0.25, -0.2) is 0 Å². The van der Waals surface area contributed by atoms with E-state index in [0.717, 1.165) is 30.5 Å². The van der Waals surface area contributed by atoms with E-state index in [1.165, 1.54) is 17.9 Å². The maximum atomic E-state index is 5.77. The second kappa shape index (κ2) is 8.21. The summed E-state index contributed by atoms with van der Waals surface area (Å²) in [5, 5.41) is 0. The Balaban J connectivity index is 1.73. The zero-order chi connectivity index (χ0) is 14.2. The van der Waals surface area contributed by atoms with E-state index >= 15 is 0 Å². The maximum absolute atomic E-state index is 5.77. The number of hydrogen-bond acceptors (Lipinski definition) is 4. The number of ether oxygens (including phenoxy) is 1. The Kier molecular flexibility index (Phi) is 6.25. The fraction of sp³-hybridized carbons (Fsp3) is 0.500. The van der Waals surface area contributed by atoms with Gasteiger partial charge >= 0.3 is 0 Å². The second-order valence-corrected chi connectivity index (χ2v) is 6.03. The topological polar surface area (TPSA) is 38.5 Å². The van der Waals surface area contributed by atoms with Gasteiger partial charge in [0.2, 0.25) is 0 Å². The van der Waals surface area contributed by atoms with Crippen molar-refractivity contribution in [1.82, 2.24) is 4.90 Å². The molecule has 0 aliphatic carbocycles. The largest absolute Gasteiger partial charge is 0.492 e. The van der Waals surface area contributed by atoms with Crippen molar-refractivity contribution in [2.24, 2.45) is 5.73 Å². The summed E-state index contributed by atoms with van der Waals surface area (Å²) in [4.78, 5) is 2.40. The lowest BCUT2D eigenvalue weighted by Gasteiger charge is -2.23. The van der Waals surface area contributed by atoms with E-state index in [2.05, 4.69) is 23.8 Å². The molecule has 3 nitrogen and oxygen atoms in total. The number of likely N-dealkylation sites (N-methyl/N-ethyl adjacent to an activating group) is 1. The first-order valence-corrected chi connectivity index (χ1v) is 8.15. The van der Waals surface area contributed by atoms with Gasteiger partial charge < -0.3 is 10.5 Å². The maximum Gasteiger partial charge on any atom is 0.119 e. The molecular formula is C16H22N2OS. The van der Waals surface area contributed by atoms with Crippen LogP contribution in [0.15, 0.2) is 24.3 Å². The summed E-state index contributed by atoms with van der Waals surface area (Å²) in [5.74, 6) is 9.29. The molecule has 1 unspecified atom stereocenters. The highest BCUT2D eigenvalue weighted by molar-refractivity contribution is 7.99. The number of benzene rings is 1. The molecule has 1 fully saturated rings. The van der Waals surface area contributed by atoms with Gasteiger partial charge in [0.05, 0.1) is 6.54 Å². The summed E-state index contributed by atoms with van der Waals surface area (Å²) in [6, 6.07) is 8.58. The van der Waals surface area contributed by atoms with Crippen LogP contribution in [-0.4, -0.2) is 49.2 Å². The summed E-state index contributed by atoms with van der Waals surface area (Å²) in [5.41, 5.74) is 6.32. The molecule has 1 saturated heterocycles. The lowest BCUT2D eigenvalue weighted by molar-refractivity contribution is 0.202. The van der Waals surface area contributed by atoms with E-state index in [4.69, 9.17) is 10.5 Å². The van der Waals surface area contributed by atoms with Crippen molar-refractivity contribution in [2.75, 3.05) is 38.2 Å². The minimum Gasteiger partial charge on any atom is -0.492 e.